The molecule has 4 heteroatoms. The molecule has 0 saturated heterocycles. The summed E-state index contributed by atoms with van der Waals surface area (Å²) in [5, 5.41) is 10.1. The van der Waals surface area contributed by atoms with E-state index < -0.39 is 11.5 Å². The van der Waals surface area contributed by atoms with Gasteiger partial charge in [-0.1, -0.05) is 13.8 Å². The molecule has 0 amide bonds. The van der Waals surface area contributed by atoms with Gasteiger partial charge < -0.3 is 14.6 Å². The SMILES string of the molecule is COc1cc(F)c2c(c1OC)C(O)CC2(C)C. The van der Waals surface area contributed by atoms with Gasteiger partial charge in [0.15, 0.2) is 11.5 Å². The Bertz CT molecular complexity index is 454. The van der Waals surface area contributed by atoms with E-state index in [-0.39, 0.29) is 5.82 Å². The van der Waals surface area contributed by atoms with Crippen LogP contribution in [-0.4, -0.2) is 19.3 Å². The van der Waals surface area contributed by atoms with Crippen molar-refractivity contribution in [2.75, 3.05) is 14.2 Å². The van der Waals surface area contributed by atoms with Gasteiger partial charge in [0.25, 0.3) is 0 Å². The maximum Gasteiger partial charge on any atom is 0.167 e. The molecule has 17 heavy (non-hydrogen) atoms. The van der Waals surface area contributed by atoms with Gasteiger partial charge >= 0.3 is 0 Å². The van der Waals surface area contributed by atoms with Crippen LogP contribution in [0.3, 0.4) is 0 Å². The fraction of sp³-hybridized carbons (Fsp3) is 0.538. The van der Waals surface area contributed by atoms with Crippen molar-refractivity contribution in [3.63, 3.8) is 0 Å². The first kappa shape index (κ1) is 12.2. The summed E-state index contributed by atoms with van der Waals surface area (Å²) in [6.07, 6.45) is -0.220. The molecular weight excluding hydrogens is 223 g/mol. The topological polar surface area (TPSA) is 38.7 Å². The van der Waals surface area contributed by atoms with E-state index in [1.807, 2.05) is 13.8 Å². The number of halogens is 1. The summed E-state index contributed by atoms with van der Waals surface area (Å²) in [6, 6.07) is 1.32. The monoisotopic (exact) mass is 240 g/mol. The molecule has 1 aromatic carbocycles. The highest BCUT2D eigenvalue weighted by molar-refractivity contribution is 5.57. The van der Waals surface area contributed by atoms with Crippen molar-refractivity contribution in [2.24, 2.45) is 0 Å². The van der Waals surface area contributed by atoms with Crippen LogP contribution in [0.1, 0.15) is 37.5 Å². The molecule has 1 unspecified atom stereocenters. The van der Waals surface area contributed by atoms with E-state index in [9.17, 15) is 9.50 Å². The molecule has 0 heterocycles. The Labute approximate surface area is 100 Å². The zero-order valence-electron chi connectivity index (χ0n) is 10.5. The Hall–Kier alpha value is -1.29. The molecular formula is C13H17FO3. The summed E-state index contributed by atoms with van der Waals surface area (Å²) in [7, 11) is 2.95. The molecule has 1 atom stereocenters. The molecule has 94 valence electrons. The van der Waals surface area contributed by atoms with Crippen molar-refractivity contribution in [1.82, 2.24) is 0 Å². The smallest absolute Gasteiger partial charge is 0.167 e. The van der Waals surface area contributed by atoms with Crippen molar-refractivity contribution in [2.45, 2.75) is 31.8 Å². The highest BCUT2D eigenvalue weighted by Crippen LogP contribution is 2.52. The number of methoxy groups -OCH3 is 2. The minimum atomic E-state index is -0.709. The van der Waals surface area contributed by atoms with Gasteiger partial charge in [0, 0.05) is 17.2 Å². The summed E-state index contributed by atoms with van der Waals surface area (Å²) in [5.41, 5.74) is 0.662. The van der Waals surface area contributed by atoms with Gasteiger partial charge in [-0.15, -0.1) is 0 Å². The molecule has 0 radical (unpaired) electrons. The van der Waals surface area contributed by atoms with Gasteiger partial charge in [0.2, 0.25) is 0 Å². The Morgan fingerprint density at radius 2 is 2.00 bits per heavy atom. The minimum Gasteiger partial charge on any atom is -0.493 e. The third-order valence-corrected chi connectivity index (χ3v) is 3.37. The van der Waals surface area contributed by atoms with E-state index in [1.54, 1.807) is 0 Å². The van der Waals surface area contributed by atoms with Crippen LogP contribution < -0.4 is 9.47 Å². The third kappa shape index (κ3) is 1.67. The summed E-state index contributed by atoms with van der Waals surface area (Å²) in [6.45, 7) is 3.83. The number of rotatable bonds is 2. The van der Waals surface area contributed by atoms with Crippen molar-refractivity contribution < 1.29 is 19.0 Å². The number of benzene rings is 1. The first-order valence-electron chi connectivity index (χ1n) is 5.55. The molecule has 0 bridgehead atoms. The van der Waals surface area contributed by atoms with Crippen LogP contribution in [0.4, 0.5) is 4.39 Å². The molecule has 0 spiro atoms. The summed E-state index contributed by atoms with van der Waals surface area (Å²) in [4.78, 5) is 0. The number of aliphatic hydroxyl groups is 1. The predicted octanol–water partition coefficient (Wildman–Crippen LogP) is 2.56. The van der Waals surface area contributed by atoms with E-state index in [0.29, 0.717) is 29.0 Å². The average molecular weight is 240 g/mol. The number of hydrogen-bond donors (Lipinski definition) is 1. The summed E-state index contributed by atoms with van der Waals surface area (Å²) in [5.74, 6) is 0.404. The fourth-order valence-corrected chi connectivity index (χ4v) is 2.68. The van der Waals surface area contributed by atoms with Gasteiger partial charge in [-0.25, -0.2) is 4.39 Å². The van der Waals surface area contributed by atoms with E-state index in [2.05, 4.69) is 0 Å². The second-order valence-corrected chi connectivity index (χ2v) is 4.99. The van der Waals surface area contributed by atoms with Crippen LogP contribution in [-0.2, 0) is 5.41 Å². The molecule has 3 nitrogen and oxygen atoms in total. The van der Waals surface area contributed by atoms with Gasteiger partial charge in [-0.05, 0) is 11.8 Å². The zero-order valence-corrected chi connectivity index (χ0v) is 10.5. The Balaban J connectivity index is 2.76. The van der Waals surface area contributed by atoms with Crippen LogP contribution in [0, 0.1) is 5.82 Å². The molecule has 1 aliphatic carbocycles. The molecule has 1 aromatic rings. The highest BCUT2D eigenvalue weighted by Gasteiger charge is 2.41. The van der Waals surface area contributed by atoms with Crippen LogP contribution >= 0.6 is 0 Å². The van der Waals surface area contributed by atoms with Gasteiger partial charge in [-0.2, -0.15) is 0 Å². The van der Waals surface area contributed by atoms with Crippen LogP contribution in [0.15, 0.2) is 6.07 Å². The summed E-state index contributed by atoms with van der Waals surface area (Å²) < 4.78 is 24.4. The Morgan fingerprint density at radius 1 is 1.35 bits per heavy atom. The molecule has 0 saturated carbocycles. The van der Waals surface area contributed by atoms with Gasteiger partial charge in [-0.3, -0.25) is 0 Å². The van der Waals surface area contributed by atoms with Crippen molar-refractivity contribution in [3.8, 4) is 11.5 Å². The van der Waals surface area contributed by atoms with Crippen molar-refractivity contribution >= 4 is 0 Å². The maximum absolute atomic E-state index is 14.1. The third-order valence-electron chi connectivity index (χ3n) is 3.37. The van der Waals surface area contributed by atoms with Crippen LogP contribution in [0.25, 0.3) is 0 Å². The standard InChI is InChI=1S/C13H17FO3/c1-13(2)6-8(15)10-11(13)7(14)5-9(16-3)12(10)17-4/h5,8,15H,6H2,1-4H3. The lowest BCUT2D eigenvalue weighted by molar-refractivity contribution is 0.158. The molecule has 2 rings (SSSR count). The van der Waals surface area contributed by atoms with E-state index in [0.717, 1.165) is 0 Å². The van der Waals surface area contributed by atoms with Gasteiger partial charge in [0.1, 0.15) is 5.82 Å². The summed E-state index contributed by atoms with van der Waals surface area (Å²) >= 11 is 0. The maximum atomic E-state index is 14.1. The lowest BCUT2D eigenvalue weighted by Gasteiger charge is -2.20. The molecule has 1 aliphatic rings. The predicted molar refractivity (Wildman–Crippen MR) is 62.1 cm³/mol. The molecule has 0 aromatic heterocycles. The van der Waals surface area contributed by atoms with Crippen LogP contribution in [0.2, 0.25) is 0 Å². The molecule has 0 aliphatic heterocycles. The Morgan fingerprint density at radius 3 is 2.53 bits per heavy atom. The number of aliphatic hydroxyl groups excluding tert-OH is 1. The van der Waals surface area contributed by atoms with Gasteiger partial charge in [0.05, 0.1) is 20.3 Å². The van der Waals surface area contributed by atoms with E-state index in [4.69, 9.17) is 9.47 Å². The van der Waals surface area contributed by atoms with Crippen molar-refractivity contribution in [3.05, 3.63) is 23.0 Å². The second-order valence-electron chi connectivity index (χ2n) is 4.99. The van der Waals surface area contributed by atoms with E-state index >= 15 is 0 Å². The van der Waals surface area contributed by atoms with Crippen molar-refractivity contribution in [1.29, 1.82) is 0 Å². The van der Waals surface area contributed by atoms with Crippen LogP contribution in [0.5, 0.6) is 11.5 Å². The Kier molecular flexibility index (Phi) is 2.78. The first-order valence-corrected chi connectivity index (χ1v) is 5.55. The average Bonchev–Trinajstić information content (AvgIpc) is 2.49. The zero-order chi connectivity index (χ0) is 12.8. The fourth-order valence-electron chi connectivity index (χ4n) is 2.68. The minimum absolute atomic E-state index is 0.320. The number of hydrogen-bond acceptors (Lipinski definition) is 3. The van der Waals surface area contributed by atoms with E-state index in [1.165, 1.54) is 20.3 Å². The normalized spacial score (nSPS) is 21.2. The molecule has 0 fully saturated rings. The second kappa shape index (κ2) is 3.88. The quantitative estimate of drug-likeness (QED) is 0.863. The number of ether oxygens (including phenoxy) is 2. The lowest BCUT2D eigenvalue weighted by Crippen LogP contribution is -2.14. The lowest BCUT2D eigenvalue weighted by atomic mass is 9.86. The molecule has 1 N–H and O–H groups in total. The highest BCUT2D eigenvalue weighted by atomic mass is 19.1. The first-order chi connectivity index (χ1) is 7.92. The largest absolute Gasteiger partial charge is 0.493 e. The number of fused-ring (bicyclic) bond motifs is 1.